The van der Waals surface area contributed by atoms with Crippen LogP contribution in [0.25, 0.3) is 0 Å². The number of nitrogens with zero attached hydrogens (tertiary/aromatic N) is 4. The highest BCUT2D eigenvalue weighted by molar-refractivity contribution is 5.94. The van der Waals surface area contributed by atoms with Gasteiger partial charge < -0.3 is 9.42 Å². The first-order valence-electron chi connectivity index (χ1n) is 6.54. The molecule has 108 valence electrons. The van der Waals surface area contributed by atoms with Crippen LogP contribution in [0, 0.1) is 12.8 Å². The van der Waals surface area contributed by atoms with Crippen molar-refractivity contribution in [1.29, 1.82) is 0 Å². The first kappa shape index (κ1) is 14.2. The van der Waals surface area contributed by atoms with Crippen molar-refractivity contribution in [1.82, 2.24) is 25.2 Å². The molecule has 0 aliphatic heterocycles. The van der Waals surface area contributed by atoms with Crippen LogP contribution >= 0.6 is 0 Å². The molecule has 0 aromatic carbocycles. The third-order valence-corrected chi connectivity index (χ3v) is 2.88. The number of aromatic nitrogens is 4. The molecule has 0 saturated heterocycles. The topological polar surface area (TPSA) is 87.9 Å². The van der Waals surface area contributed by atoms with Crippen molar-refractivity contribution in [2.24, 2.45) is 5.92 Å². The fourth-order valence-corrected chi connectivity index (χ4v) is 1.85. The molecule has 0 bridgehead atoms. The molecule has 0 fully saturated rings. The highest BCUT2D eigenvalue weighted by Crippen LogP contribution is 2.10. The van der Waals surface area contributed by atoms with Gasteiger partial charge in [0.05, 0.1) is 18.3 Å². The number of hydrogen-bond donors (Lipinski definition) is 1. The van der Waals surface area contributed by atoms with Gasteiger partial charge in [0.25, 0.3) is 5.91 Å². The third kappa shape index (κ3) is 3.23. The highest BCUT2D eigenvalue weighted by Gasteiger charge is 2.18. The number of carbonyl (C=O) groups is 1. The van der Waals surface area contributed by atoms with E-state index in [1.165, 1.54) is 11.1 Å². The highest BCUT2D eigenvalue weighted by atomic mass is 16.5. The van der Waals surface area contributed by atoms with Crippen molar-refractivity contribution in [2.75, 3.05) is 7.05 Å². The number of nitrogens with one attached hydrogen (secondary N) is 1. The average molecular weight is 277 g/mol. The summed E-state index contributed by atoms with van der Waals surface area (Å²) in [6.45, 7) is 6.27. The molecule has 7 heteroatoms. The normalized spacial score (nSPS) is 11.1. The molecule has 20 heavy (non-hydrogen) atoms. The van der Waals surface area contributed by atoms with Crippen molar-refractivity contribution in [3.05, 3.63) is 29.2 Å². The Morgan fingerprint density at radius 3 is 2.85 bits per heavy atom. The van der Waals surface area contributed by atoms with Crippen molar-refractivity contribution in [2.45, 2.75) is 33.7 Å². The Labute approximate surface area is 117 Å². The van der Waals surface area contributed by atoms with Crippen LogP contribution < -0.4 is 0 Å². The minimum Gasteiger partial charge on any atom is -0.337 e. The molecule has 7 nitrogen and oxygen atoms in total. The van der Waals surface area contributed by atoms with E-state index >= 15 is 0 Å². The SMILES string of the molecule is Cc1[nH]ncc1C(=O)N(C)Cc1nc(CC(C)C)no1. The fourth-order valence-electron chi connectivity index (χ4n) is 1.85. The smallest absolute Gasteiger partial charge is 0.257 e. The van der Waals surface area contributed by atoms with E-state index in [0.717, 1.165) is 12.1 Å². The molecule has 2 aromatic rings. The predicted molar refractivity (Wildman–Crippen MR) is 72.0 cm³/mol. The molecule has 1 N–H and O–H groups in total. The van der Waals surface area contributed by atoms with Gasteiger partial charge in [0.15, 0.2) is 5.82 Å². The molecule has 0 radical (unpaired) electrons. The maximum absolute atomic E-state index is 12.2. The number of H-pyrrole nitrogens is 1. The van der Waals surface area contributed by atoms with E-state index in [9.17, 15) is 4.79 Å². The molecule has 0 unspecified atom stereocenters. The van der Waals surface area contributed by atoms with Crippen LogP contribution in [-0.2, 0) is 13.0 Å². The lowest BCUT2D eigenvalue weighted by Gasteiger charge is -2.13. The van der Waals surface area contributed by atoms with E-state index in [2.05, 4.69) is 34.2 Å². The van der Waals surface area contributed by atoms with Gasteiger partial charge in [-0.15, -0.1) is 0 Å². The second kappa shape index (κ2) is 5.85. The van der Waals surface area contributed by atoms with Gasteiger partial charge in [-0.25, -0.2) is 0 Å². The number of carbonyl (C=O) groups excluding carboxylic acids is 1. The lowest BCUT2D eigenvalue weighted by atomic mass is 10.1. The van der Waals surface area contributed by atoms with E-state index in [1.807, 2.05) is 6.92 Å². The molecule has 1 amide bonds. The summed E-state index contributed by atoms with van der Waals surface area (Å²) in [5.74, 6) is 1.46. The van der Waals surface area contributed by atoms with E-state index < -0.39 is 0 Å². The van der Waals surface area contributed by atoms with Crippen LogP contribution in [0.5, 0.6) is 0 Å². The molecule has 0 aliphatic carbocycles. The predicted octanol–water partition coefficient (Wildman–Crippen LogP) is 1.57. The molecule has 0 saturated carbocycles. The van der Waals surface area contributed by atoms with E-state index in [-0.39, 0.29) is 12.5 Å². The molecule has 0 aliphatic rings. The fraction of sp³-hybridized carbons (Fsp3) is 0.538. The lowest BCUT2D eigenvalue weighted by Crippen LogP contribution is -2.26. The summed E-state index contributed by atoms with van der Waals surface area (Å²) in [5, 5.41) is 10.5. The largest absolute Gasteiger partial charge is 0.337 e. The van der Waals surface area contributed by atoms with Crippen LogP contribution in [-0.4, -0.2) is 38.2 Å². The quantitative estimate of drug-likeness (QED) is 0.896. The molecule has 0 atom stereocenters. The van der Waals surface area contributed by atoms with Gasteiger partial charge in [0, 0.05) is 19.2 Å². The number of rotatable bonds is 5. The lowest BCUT2D eigenvalue weighted by molar-refractivity contribution is 0.0769. The second-order valence-corrected chi connectivity index (χ2v) is 5.27. The Balaban J connectivity index is 2.01. The van der Waals surface area contributed by atoms with E-state index in [4.69, 9.17) is 4.52 Å². The molecule has 2 rings (SSSR count). The first-order chi connectivity index (χ1) is 9.47. The summed E-state index contributed by atoms with van der Waals surface area (Å²) < 4.78 is 5.16. The van der Waals surface area contributed by atoms with Crippen molar-refractivity contribution < 1.29 is 9.32 Å². The molecule has 2 aromatic heterocycles. The third-order valence-electron chi connectivity index (χ3n) is 2.88. The summed E-state index contributed by atoms with van der Waals surface area (Å²) in [7, 11) is 1.70. The van der Waals surface area contributed by atoms with Crippen molar-refractivity contribution >= 4 is 5.91 Å². The van der Waals surface area contributed by atoms with E-state index in [0.29, 0.717) is 23.2 Å². The van der Waals surface area contributed by atoms with Gasteiger partial charge in [-0.2, -0.15) is 10.1 Å². The summed E-state index contributed by atoms with van der Waals surface area (Å²) in [4.78, 5) is 18.0. The molecule has 2 heterocycles. The first-order valence-corrected chi connectivity index (χ1v) is 6.54. The molecular weight excluding hydrogens is 258 g/mol. The van der Waals surface area contributed by atoms with Gasteiger partial charge in [-0.05, 0) is 12.8 Å². The van der Waals surface area contributed by atoms with Gasteiger partial charge in [-0.3, -0.25) is 9.89 Å². The summed E-state index contributed by atoms with van der Waals surface area (Å²) in [6, 6.07) is 0. The van der Waals surface area contributed by atoms with Gasteiger partial charge in [0.2, 0.25) is 5.89 Å². The van der Waals surface area contributed by atoms with Crippen LogP contribution in [0.2, 0.25) is 0 Å². The number of aromatic amines is 1. The Hall–Kier alpha value is -2.18. The number of hydrogen-bond acceptors (Lipinski definition) is 5. The Kier molecular flexibility index (Phi) is 4.16. The van der Waals surface area contributed by atoms with E-state index in [1.54, 1.807) is 7.05 Å². The maximum atomic E-state index is 12.2. The summed E-state index contributed by atoms with van der Waals surface area (Å²) >= 11 is 0. The average Bonchev–Trinajstić information content (AvgIpc) is 2.97. The Morgan fingerprint density at radius 2 is 2.25 bits per heavy atom. The van der Waals surface area contributed by atoms with Crippen LogP contribution in [0.1, 0.15) is 41.6 Å². The standard InChI is InChI=1S/C13H19N5O2/c1-8(2)5-11-15-12(20-17-11)7-18(4)13(19)10-6-14-16-9(10)3/h6,8H,5,7H2,1-4H3,(H,14,16). The number of aryl methyl sites for hydroxylation is 1. The Morgan fingerprint density at radius 1 is 1.50 bits per heavy atom. The zero-order chi connectivity index (χ0) is 14.7. The maximum Gasteiger partial charge on any atom is 0.257 e. The monoisotopic (exact) mass is 277 g/mol. The summed E-state index contributed by atoms with van der Waals surface area (Å²) in [6.07, 6.45) is 2.29. The molecular formula is C13H19N5O2. The zero-order valence-corrected chi connectivity index (χ0v) is 12.2. The van der Waals surface area contributed by atoms with Crippen LogP contribution in [0.3, 0.4) is 0 Å². The van der Waals surface area contributed by atoms with Gasteiger partial charge >= 0.3 is 0 Å². The van der Waals surface area contributed by atoms with Crippen LogP contribution in [0.15, 0.2) is 10.7 Å². The second-order valence-electron chi connectivity index (χ2n) is 5.27. The minimum absolute atomic E-state index is 0.125. The zero-order valence-electron chi connectivity index (χ0n) is 12.2. The molecule has 0 spiro atoms. The van der Waals surface area contributed by atoms with Gasteiger partial charge in [0.1, 0.15) is 0 Å². The summed E-state index contributed by atoms with van der Waals surface area (Å²) in [5.41, 5.74) is 1.29. The number of amides is 1. The minimum atomic E-state index is -0.125. The van der Waals surface area contributed by atoms with Crippen molar-refractivity contribution in [3.63, 3.8) is 0 Å². The Bertz CT molecular complexity index is 587. The van der Waals surface area contributed by atoms with Crippen LogP contribution in [0.4, 0.5) is 0 Å². The van der Waals surface area contributed by atoms with Crippen molar-refractivity contribution in [3.8, 4) is 0 Å². The van der Waals surface area contributed by atoms with Gasteiger partial charge in [-0.1, -0.05) is 19.0 Å².